The first kappa shape index (κ1) is 52.4. The van der Waals surface area contributed by atoms with Gasteiger partial charge in [0.2, 0.25) is 6.71 Å². The molecule has 2 heterocycles. The van der Waals surface area contributed by atoms with E-state index in [-0.39, 0.29) is 41.9 Å². The summed E-state index contributed by atoms with van der Waals surface area (Å²) in [6.07, 6.45) is 0. The molecule has 1 nitrogen and oxygen atoms in total. The zero-order valence-corrected chi connectivity index (χ0v) is 54.9. The molecule has 16 rings (SSSR count). The number of benzene rings is 14. The number of hydrogen-bond donors (Lipinski definition) is 0. The minimum absolute atomic E-state index is 0.185. The molecule has 442 valence electrons. The van der Waals surface area contributed by atoms with Crippen LogP contribution in [-0.2, 0) is 5.41 Å². The lowest BCUT2D eigenvalue weighted by molar-refractivity contribution is 0.589. The summed E-state index contributed by atoms with van der Waals surface area (Å²) in [4.78, 5) is 5.09. The third-order valence-corrected chi connectivity index (χ3v) is 29.9. The number of para-hydroxylation sites is 1. The Morgan fingerprint density at radius 1 is 0.323 bits per heavy atom. The minimum atomic E-state index is -3.45. The third kappa shape index (κ3) is 10.0. The molecule has 0 N–H and O–H groups in total. The zero-order chi connectivity index (χ0) is 66.9. The fraction of sp³-hybridized carbons (Fsp3) is 0.0455. The number of anilines is 3. The van der Waals surface area contributed by atoms with Gasteiger partial charge in [0, 0.05) is 32.3 Å². The van der Waals surface area contributed by atoms with Crippen LogP contribution in [0, 0.1) is 0 Å². The van der Waals surface area contributed by atoms with Crippen molar-refractivity contribution in [2.75, 3.05) is 4.90 Å². The maximum atomic E-state index is 9.26. The number of rotatable bonds is 13. The quantitative estimate of drug-likeness (QED) is 0.0836. The van der Waals surface area contributed by atoms with Crippen LogP contribution >= 0.6 is 11.8 Å². The van der Waals surface area contributed by atoms with E-state index in [9.17, 15) is 2.74 Å². The van der Waals surface area contributed by atoms with Gasteiger partial charge in [-0.25, -0.2) is 0 Å². The molecular weight excluding hydrogens is 1170 g/mol. The topological polar surface area (TPSA) is 3.24 Å². The smallest absolute Gasteiger partial charge is 0.249 e. The molecule has 0 aromatic heterocycles. The van der Waals surface area contributed by atoms with E-state index in [4.69, 9.17) is 4.11 Å². The van der Waals surface area contributed by atoms with E-state index in [0.717, 1.165) is 54.9 Å². The number of nitrogens with zero attached hydrogens (tertiary/aromatic N) is 1. The highest BCUT2D eigenvalue weighted by Crippen LogP contribution is 2.50. The summed E-state index contributed by atoms with van der Waals surface area (Å²) in [6, 6.07) is 120. The van der Waals surface area contributed by atoms with Crippen LogP contribution in [0.5, 0.6) is 0 Å². The first-order valence-corrected chi connectivity index (χ1v) is 36.9. The highest BCUT2D eigenvalue weighted by Gasteiger charge is 2.48. The van der Waals surface area contributed by atoms with Crippen molar-refractivity contribution >= 4 is 110 Å². The van der Waals surface area contributed by atoms with Crippen LogP contribution in [0.3, 0.4) is 0 Å². The molecule has 0 amide bonds. The molecule has 5 heteroatoms. The molecule has 0 radical (unpaired) electrons. The SMILES string of the molecule is [2H]c1c([2H])c([2H])c(-c2cccc([Si](c3ccccc3)(c3ccccc3)c3ccc4c(c3)B3c5ccc([Si](c6ccccc6)(c6ccccc6)c6cccc(-c7ccccc7)c6)cc5N(c5c(-c6ccccc6)cccc5-c5ccccc5)c5cc(C(C)(C)C)cc(c53)S4)c2)c([2H])c1[2H]. The van der Waals surface area contributed by atoms with Crippen LogP contribution in [-0.4, -0.2) is 22.9 Å². The first-order chi connectivity index (χ1) is 47.8. The van der Waals surface area contributed by atoms with Crippen LogP contribution in [0.25, 0.3) is 44.5 Å². The Hall–Kier alpha value is -10.3. The monoisotopic (exact) mass is 1240 g/mol. The molecule has 0 fully saturated rings. The Morgan fingerprint density at radius 2 is 0.731 bits per heavy atom. The van der Waals surface area contributed by atoms with Crippen molar-refractivity contribution in [3.8, 4) is 44.5 Å². The molecule has 0 aliphatic carbocycles. The van der Waals surface area contributed by atoms with Crippen LogP contribution in [0.2, 0.25) is 0 Å². The number of fused-ring (bicyclic) bond motifs is 4. The van der Waals surface area contributed by atoms with E-state index in [2.05, 4.69) is 341 Å². The lowest BCUT2D eigenvalue weighted by Gasteiger charge is -2.44. The Balaban J connectivity index is 1.03. The molecule has 0 bridgehead atoms. The van der Waals surface area contributed by atoms with E-state index in [0.29, 0.717) is 5.56 Å². The van der Waals surface area contributed by atoms with Gasteiger partial charge in [-0.2, -0.15) is 0 Å². The average Bonchev–Trinajstić information content (AvgIpc) is 0.695. The molecule has 14 aromatic rings. The minimum Gasteiger partial charge on any atom is -0.310 e. The maximum Gasteiger partial charge on any atom is 0.249 e. The van der Waals surface area contributed by atoms with Crippen molar-refractivity contribution in [3.63, 3.8) is 0 Å². The van der Waals surface area contributed by atoms with E-state index in [1.807, 2.05) is 23.9 Å². The summed E-state index contributed by atoms with van der Waals surface area (Å²) >= 11 is 1.87. The second-order valence-electron chi connectivity index (χ2n) is 25.5. The van der Waals surface area contributed by atoms with Gasteiger partial charge in [-0.05, 0) is 121 Å². The van der Waals surface area contributed by atoms with Crippen molar-refractivity contribution in [3.05, 3.63) is 363 Å². The largest absolute Gasteiger partial charge is 0.310 e. The van der Waals surface area contributed by atoms with Gasteiger partial charge in [0.05, 0.1) is 12.5 Å². The Bertz CT molecular complexity index is 5190. The first-order valence-electron chi connectivity index (χ1n) is 34.6. The average molecular weight is 1240 g/mol. The molecule has 2 aliphatic rings. The summed E-state index contributed by atoms with van der Waals surface area (Å²) in [7, 11) is -6.76. The van der Waals surface area contributed by atoms with Gasteiger partial charge in [-0.15, -0.1) is 0 Å². The van der Waals surface area contributed by atoms with Crippen LogP contribution in [0.15, 0.2) is 368 Å². The van der Waals surface area contributed by atoms with Gasteiger partial charge in [0.15, 0.2) is 16.1 Å². The van der Waals surface area contributed by atoms with Gasteiger partial charge in [0.25, 0.3) is 0 Å². The van der Waals surface area contributed by atoms with E-state index < -0.39 is 22.2 Å². The number of hydrogen-bond acceptors (Lipinski definition) is 2. The fourth-order valence-corrected chi connectivity index (χ4v) is 25.8. The third-order valence-electron chi connectivity index (χ3n) is 19.2. The Labute approximate surface area is 561 Å². The predicted molar refractivity (Wildman–Crippen MR) is 404 cm³/mol. The molecule has 0 unspecified atom stereocenters. The standard InChI is InChI=1S/C88H68BNSSi2/c1-88(2,3)69-59-83-86-85(60-69)91-84-56-54-76(92(70-41-20-8-21-42-70,71-43-22-9-23-44-71)74-49-28-39-67(57-74)63-31-12-4-13-32-63)61-81(84)89(86)80-55-53-77(62-82(80)90(83)87-78(65-35-16-6-17-36-65)51-30-52-79(87)66-37-18-7-19-38-66)93(72-45-24-10-25-46-72,73-47-26-11-27-48-73)75-50-29-40-68(58-75)64-33-14-5-15-34-64/h4-62H,1-3H3/i4D,12D,13D,31D,32D. The molecule has 14 aromatic carbocycles. The Morgan fingerprint density at radius 3 is 1.23 bits per heavy atom. The van der Waals surface area contributed by atoms with Gasteiger partial charge in [0.1, 0.15) is 0 Å². The lowest BCUT2D eigenvalue weighted by atomic mass is 9.34. The molecule has 2 aliphatic heterocycles. The lowest BCUT2D eigenvalue weighted by Crippen LogP contribution is -2.75. The summed E-state index contributed by atoms with van der Waals surface area (Å²) in [6.45, 7) is 6.77. The molecule has 0 saturated heterocycles. The summed E-state index contributed by atoms with van der Waals surface area (Å²) in [5.74, 6) is 0. The van der Waals surface area contributed by atoms with Crippen molar-refractivity contribution in [2.24, 2.45) is 0 Å². The molecule has 93 heavy (non-hydrogen) atoms. The Kier molecular flexibility index (Phi) is 13.6. The second-order valence-corrected chi connectivity index (χ2v) is 34.2. The summed E-state index contributed by atoms with van der Waals surface area (Å²) in [5.41, 5.74) is 15.6. The van der Waals surface area contributed by atoms with Crippen molar-refractivity contribution < 1.29 is 6.85 Å². The van der Waals surface area contributed by atoms with E-state index in [1.54, 1.807) is 0 Å². The van der Waals surface area contributed by atoms with Gasteiger partial charge in [-0.3, -0.25) is 0 Å². The second kappa shape index (κ2) is 24.1. The molecule has 0 saturated carbocycles. The van der Waals surface area contributed by atoms with Crippen molar-refractivity contribution in [2.45, 2.75) is 36.0 Å². The summed E-state index contributed by atoms with van der Waals surface area (Å²) < 4.78 is 44.7. The highest BCUT2D eigenvalue weighted by atomic mass is 32.2. The maximum absolute atomic E-state index is 9.26. The van der Waals surface area contributed by atoms with Crippen LogP contribution in [0.4, 0.5) is 17.1 Å². The van der Waals surface area contributed by atoms with Gasteiger partial charge < -0.3 is 4.90 Å². The van der Waals surface area contributed by atoms with Crippen molar-refractivity contribution in [1.29, 1.82) is 0 Å². The van der Waals surface area contributed by atoms with Gasteiger partial charge in [-0.1, -0.05) is 372 Å². The normalized spacial score (nSPS) is 13.3. The van der Waals surface area contributed by atoms with E-state index in [1.165, 1.54) is 68.8 Å². The van der Waals surface area contributed by atoms with E-state index >= 15 is 0 Å². The molecular formula is C88H68BNSSi2. The fourth-order valence-electron chi connectivity index (χ4n) is 15.0. The molecule has 0 spiro atoms. The van der Waals surface area contributed by atoms with Crippen LogP contribution < -0.4 is 62.8 Å². The zero-order valence-electron chi connectivity index (χ0n) is 57.1. The van der Waals surface area contributed by atoms with Crippen molar-refractivity contribution in [1.82, 2.24) is 0 Å². The highest BCUT2D eigenvalue weighted by molar-refractivity contribution is 8.00. The van der Waals surface area contributed by atoms with Crippen LogP contribution in [0.1, 0.15) is 33.2 Å². The van der Waals surface area contributed by atoms with Gasteiger partial charge >= 0.3 is 0 Å². The molecule has 0 atom stereocenters. The summed E-state index contributed by atoms with van der Waals surface area (Å²) in [5, 5.41) is 9.64. The predicted octanol–water partition coefficient (Wildman–Crippen LogP) is 15.2.